The Morgan fingerprint density at radius 1 is 1.07 bits per heavy atom. The first kappa shape index (κ1) is 21.1. The maximum atomic E-state index is 13.1. The van der Waals surface area contributed by atoms with Gasteiger partial charge in [-0.2, -0.15) is 36.5 Å². The van der Waals surface area contributed by atoms with Gasteiger partial charge < -0.3 is 0 Å². The molecule has 0 unspecified atom stereocenters. The first-order valence-electron chi connectivity index (χ1n) is 7.50. The van der Waals surface area contributed by atoms with E-state index in [0.29, 0.717) is 0 Å². The third-order valence-electron chi connectivity index (χ3n) is 3.57. The number of carbonyl (C=O) groups is 1. The van der Waals surface area contributed by atoms with Gasteiger partial charge in [0.25, 0.3) is 5.24 Å². The van der Waals surface area contributed by atoms with E-state index in [9.17, 15) is 31.1 Å². The standard InChI is InChI=1S/C15H7Cl2F6N5O/c16-8-2-1-3-24-13(8)28-9(12(17)29)4-7(25-28)6-27-11(15(21,22)23)5-10(26-27)14(18,19)20/h1-5H,6H2. The minimum absolute atomic E-state index is 0.0445. The van der Waals surface area contributed by atoms with Crippen molar-refractivity contribution in [3.05, 3.63) is 58.3 Å². The number of pyridine rings is 1. The number of alkyl halides is 6. The minimum atomic E-state index is -5.10. The Morgan fingerprint density at radius 3 is 2.31 bits per heavy atom. The average molecular weight is 458 g/mol. The quantitative estimate of drug-likeness (QED) is 0.424. The van der Waals surface area contributed by atoms with Crippen molar-refractivity contribution >= 4 is 28.4 Å². The van der Waals surface area contributed by atoms with Crippen LogP contribution in [0.5, 0.6) is 0 Å². The van der Waals surface area contributed by atoms with Gasteiger partial charge in [-0.05, 0) is 29.8 Å². The van der Waals surface area contributed by atoms with E-state index in [1.54, 1.807) is 0 Å². The van der Waals surface area contributed by atoms with Crippen LogP contribution in [-0.2, 0) is 18.9 Å². The monoisotopic (exact) mass is 457 g/mol. The van der Waals surface area contributed by atoms with Crippen LogP contribution in [0.15, 0.2) is 30.5 Å². The highest BCUT2D eigenvalue weighted by molar-refractivity contribution is 6.67. The average Bonchev–Trinajstić information content (AvgIpc) is 3.19. The van der Waals surface area contributed by atoms with Crippen LogP contribution in [0.3, 0.4) is 0 Å². The Kier molecular flexibility index (Phi) is 5.34. The molecular weight excluding hydrogens is 451 g/mol. The molecule has 0 spiro atoms. The molecule has 0 bridgehead atoms. The summed E-state index contributed by atoms with van der Waals surface area (Å²) in [4.78, 5) is 15.6. The van der Waals surface area contributed by atoms with E-state index in [2.05, 4.69) is 15.2 Å². The highest BCUT2D eigenvalue weighted by Crippen LogP contribution is 2.35. The molecule has 3 aromatic heterocycles. The van der Waals surface area contributed by atoms with Crippen molar-refractivity contribution in [2.75, 3.05) is 0 Å². The van der Waals surface area contributed by atoms with Crippen molar-refractivity contribution in [2.45, 2.75) is 18.9 Å². The fourth-order valence-corrected chi connectivity index (χ4v) is 2.74. The minimum Gasteiger partial charge on any atom is -0.274 e. The Labute approximate surface area is 167 Å². The predicted molar refractivity (Wildman–Crippen MR) is 87.9 cm³/mol. The molecule has 0 atom stereocenters. The van der Waals surface area contributed by atoms with Crippen molar-refractivity contribution < 1.29 is 31.1 Å². The van der Waals surface area contributed by atoms with Gasteiger partial charge >= 0.3 is 12.4 Å². The Balaban J connectivity index is 2.08. The molecule has 6 nitrogen and oxygen atoms in total. The van der Waals surface area contributed by atoms with Crippen LogP contribution in [0, 0.1) is 0 Å². The molecule has 3 heterocycles. The number of carbonyl (C=O) groups excluding carboxylic acids is 1. The van der Waals surface area contributed by atoms with Crippen LogP contribution in [-0.4, -0.2) is 29.8 Å². The number of aromatic nitrogens is 5. The van der Waals surface area contributed by atoms with Gasteiger partial charge in [-0.15, -0.1) is 0 Å². The van der Waals surface area contributed by atoms with Crippen molar-refractivity contribution in [1.82, 2.24) is 24.5 Å². The van der Waals surface area contributed by atoms with Crippen LogP contribution >= 0.6 is 23.2 Å². The molecule has 0 saturated carbocycles. The molecule has 0 aliphatic heterocycles. The summed E-state index contributed by atoms with van der Waals surface area (Å²) < 4.78 is 78.8. The lowest BCUT2D eigenvalue weighted by Crippen LogP contribution is -2.16. The lowest BCUT2D eigenvalue weighted by atomic mass is 10.3. The molecule has 0 N–H and O–H groups in total. The smallest absolute Gasteiger partial charge is 0.274 e. The van der Waals surface area contributed by atoms with Gasteiger partial charge in [0.2, 0.25) is 0 Å². The molecule has 0 radical (unpaired) electrons. The summed E-state index contributed by atoms with van der Waals surface area (Å²) in [7, 11) is 0. The topological polar surface area (TPSA) is 65.6 Å². The van der Waals surface area contributed by atoms with E-state index in [1.807, 2.05) is 0 Å². The zero-order valence-electron chi connectivity index (χ0n) is 13.8. The third-order valence-corrected chi connectivity index (χ3v) is 4.06. The second kappa shape index (κ2) is 7.34. The predicted octanol–water partition coefficient (Wildman–Crippen LogP) is 4.58. The summed E-state index contributed by atoms with van der Waals surface area (Å²) in [6.07, 6.45) is -8.87. The van der Waals surface area contributed by atoms with E-state index in [0.717, 1.165) is 10.7 Å². The van der Waals surface area contributed by atoms with E-state index in [1.165, 1.54) is 18.3 Å². The van der Waals surface area contributed by atoms with E-state index < -0.39 is 35.5 Å². The van der Waals surface area contributed by atoms with Crippen LogP contribution in [0.4, 0.5) is 26.3 Å². The lowest BCUT2D eigenvalue weighted by Gasteiger charge is -2.08. The summed E-state index contributed by atoms with van der Waals surface area (Å²) in [5.74, 6) is -0.0445. The van der Waals surface area contributed by atoms with Gasteiger partial charge in [0.15, 0.2) is 11.5 Å². The summed E-state index contributed by atoms with van der Waals surface area (Å²) >= 11 is 11.4. The normalized spacial score (nSPS) is 12.4. The van der Waals surface area contributed by atoms with E-state index >= 15 is 0 Å². The summed E-state index contributed by atoms with van der Waals surface area (Å²) in [5, 5.41) is 5.91. The first-order chi connectivity index (χ1) is 13.4. The number of nitrogens with zero attached hydrogens (tertiary/aromatic N) is 5. The number of halogens is 8. The lowest BCUT2D eigenvalue weighted by molar-refractivity contribution is -0.144. The van der Waals surface area contributed by atoms with Crippen molar-refractivity contribution in [3.8, 4) is 5.82 Å². The molecule has 14 heteroatoms. The Bertz CT molecular complexity index is 1070. The van der Waals surface area contributed by atoms with Gasteiger partial charge in [-0.3, -0.25) is 9.48 Å². The molecule has 0 amide bonds. The van der Waals surface area contributed by atoms with Crippen molar-refractivity contribution in [1.29, 1.82) is 0 Å². The molecule has 29 heavy (non-hydrogen) atoms. The second-order valence-corrected chi connectivity index (χ2v) is 6.33. The maximum absolute atomic E-state index is 13.1. The largest absolute Gasteiger partial charge is 0.435 e. The molecular formula is C15H7Cl2F6N5O. The molecule has 0 aliphatic rings. The zero-order valence-corrected chi connectivity index (χ0v) is 15.3. The van der Waals surface area contributed by atoms with Gasteiger partial charge in [-0.1, -0.05) is 11.6 Å². The molecule has 154 valence electrons. The number of rotatable bonds is 4. The molecule has 3 aromatic rings. The van der Waals surface area contributed by atoms with Crippen LogP contribution < -0.4 is 0 Å². The van der Waals surface area contributed by atoms with E-state index in [-0.39, 0.29) is 33.0 Å². The second-order valence-electron chi connectivity index (χ2n) is 5.58. The highest BCUT2D eigenvalue weighted by Gasteiger charge is 2.42. The van der Waals surface area contributed by atoms with Crippen LogP contribution in [0.2, 0.25) is 5.02 Å². The number of hydrogen-bond acceptors (Lipinski definition) is 4. The zero-order chi connectivity index (χ0) is 21.6. The Hall–Kier alpha value is -2.60. The van der Waals surface area contributed by atoms with Crippen molar-refractivity contribution in [3.63, 3.8) is 0 Å². The van der Waals surface area contributed by atoms with Gasteiger partial charge in [0, 0.05) is 12.3 Å². The van der Waals surface area contributed by atoms with Gasteiger partial charge in [0.1, 0.15) is 11.4 Å². The van der Waals surface area contributed by atoms with Gasteiger partial charge in [-0.25, -0.2) is 9.67 Å². The van der Waals surface area contributed by atoms with E-state index in [4.69, 9.17) is 23.2 Å². The SMILES string of the molecule is O=C(Cl)c1cc(Cn2nc(C(F)(F)F)cc2C(F)(F)F)nn1-c1ncccc1Cl. The van der Waals surface area contributed by atoms with Crippen molar-refractivity contribution in [2.24, 2.45) is 0 Å². The highest BCUT2D eigenvalue weighted by atomic mass is 35.5. The molecule has 0 fully saturated rings. The third kappa shape index (κ3) is 4.37. The summed E-state index contributed by atoms with van der Waals surface area (Å²) in [6, 6.07) is 3.80. The van der Waals surface area contributed by atoms with Crippen LogP contribution in [0.1, 0.15) is 27.6 Å². The summed E-state index contributed by atoms with van der Waals surface area (Å²) in [5.41, 5.74) is -3.86. The molecule has 0 aromatic carbocycles. The molecule has 0 aliphatic carbocycles. The Morgan fingerprint density at radius 2 is 1.76 bits per heavy atom. The fraction of sp³-hybridized carbons (Fsp3) is 0.200. The maximum Gasteiger partial charge on any atom is 0.435 e. The number of hydrogen-bond donors (Lipinski definition) is 0. The molecule has 3 rings (SSSR count). The summed E-state index contributed by atoms with van der Waals surface area (Å²) in [6.45, 7) is -0.820. The van der Waals surface area contributed by atoms with Gasteiger partial charge in [0.05, 0.1) is 17.3 Å². The van der Waals surface area contributed by atoms with Crippen LogP contribution in [0.25, 0.3) is 5.82 Å². The first-order valence-corrected chi connectivity index (χ1v) is 8.25. The fourth-order valence-electron chi connectivity index (χ4n) is 2.40. The molecule has 0 saturated heterocycles.